The van der Waals surface area contributed by atoms with Crippen LogP contribution in [0.1, 0.15) is 35.0 Å². The third kappa shape index (κ3) is 2.43. The van der Waals surface area contributed by atoms with Crippen LogP contribution in [-0.2, 0) is 6.42 Å². The molecule has 1 N–H and O–H groups in total. The summed E-state index contributed by atoms with van der Waals surface area (Å²) in [6, 6.07) is 5.50. The number of carbonyl (C=O) groups is 1. The maximum Gasteiger partial charge on any atom is 0.337 e. The van der Waals surface area contributed by atoms with Crippen LogP contribution in [0.3, 0.4) is 0 Å². The van der Waals surface area contributed by atoms with Crippen LogP contribution >= 0.6 is 11.3 Å². The zero-order valence-corrected chi connectivity index (χ0v) is 11.3. The topological polar surface area (TPSA) is 50.2 Å². The van der Waals surface area contributed by atoms with Crippen molar-refractivity contribution in [3.05, 3.63) is 40.4 Å². The van der Waals surface area contributed by atoms with E-state index in [2.05, 4.69) is 4.98 Å². The Hall–Kier alpha value is -1.68. The van der Waals surface area contributed by atoms with Crippen LogP contribution < -0.4 is 0 Å². The first-order valence-corrected chi connectivity index (χ1v) is 6.79. The lowest BCUT2D eigenvalue weighted by Gasteiger charge is -2.07. The smallest absolute Gasteiger partial charge is 0.337 e. The van der Waals surface area contributed by atoms with E-state index >= 15 is 0 Å². The molecule has 0 aliphatic rings. The van der Waals surface area contributed by atoms with E-state index in [9.17, 15) is 4.79 Å². The molecule has 0 radical (unpaired) electrons. The van der Waals surface area contributed by atoms with Gasteiger partial charge >= 0.3 is 5.97 Å². The molecule has 94 valence electrons. The van der Waals surface area contributed by atoms with E-state index in [-0.39, 0.29) is 0 Å². The fourth-order valence-corrected chi connectivity index (χ4v) is 2.78. The highest BCUT2D eigenvalue weighted by atomic mass is 32.1. The van der Waals surface area contributed by atoms with Crippen molar-refractivity contribution in [1.82, 2.24) is 4.98 Å². The Morgan fingerprint density at radius 1 is 1.39 bits per heavy atom. The van der Waals surface area contributed by atoms with Crippen molar-refractivity contribution in [3.8, 4) is 10.6 Å². The minimum absolute atomic E-state index is 0.315. The molecule has 4 heteroatoms. The average Bonchev–Trinajstić information content (AvgIpc) is 2.75. The van der Waals surface area contributed by atoms with Crippen molar-refractivity contribution in [2.24, 2.45) is 0 Å². The van der Waals surface area contributed by atoms with Crippen molar-refractivity contribution >= 4 is 17.3 Å². The summed E-state index contributed by atoms with van der Waals surface area (Å²) in [6.45, 7) is 4.06. The SMILES string of the molecule is CCCc1nc(-c2sccc2C)ccc1C(=O)O. The van der Waals surface area contributed by atoms with Gasteiger partial charge in [0.2, 0.25) is 0 Å². The van der Waals surface area contributed by atoms with Crippen molar-refractivity contribution in [1.29, 1.82) is 0 Å². The highest BCUT2D eigenvalue weighted by molar-refractivity contribution is 7.13. The summed E-state index contributed by atoms with van der Waals surface area (Å²) >= 11 is 1.63. The highest BCUT2D eigenvalue weighted by Crippen LogP contribution is 2.28. The predicted octanol–water partition coefficient (Wildman–Crippen LogP) is 3.77. The number of carboxylic acids is 1. The molecule has 18 heavy (non-hydrogen) atoms. The zero-order chi connectivity index (χ0) is 13.1. The summed E-state index contributed by atoms with van der Waals surface area (Å²) in [6.07, 6.45) is 1.58. The number of carboxylic acid groups (broad SMARTS) is 1. The van der Waals surface area contributed by atoms with E-state index in [0.717, 1.165) is 17.0 Å². The second-order valence-corrected chi connectivity index (χ2v) is 5.09. The minimum Gasteiger partial charge on any atom is -0.478 e. The maximum absolute atomic E-state index is 11.1. The molecule has 0 saturated carbocycles. The van der Waals surface area contributed by atoms with Crippen LogP contribution in [0.15, 0.2) is 23.6 Å². The molecule has 0 amide bonds. The molecule has 0 spiro atoms. The number of hydrogen-bond donors (Lipinski definition) is 1. The molecule has 0 saturated heterocycles. The van der Waals surface area contributed by atoms with Gasteiger partial charge in [-0.15, -0.1) is 11.3 Å². The van der Waals surface area contributed by atoms with Gasteiger partial charge in [0, 0.05) is 0 Å². The maximum atomic E-state index is 11.1. The van der Waals surface area contributed by atoms with Crippen molar-refractivity contribution in [2.75, 3.05) is 0 Å². The minimum atomic E-state index is -0.902. The van der Waals surface area contributed by atoms with Crippen LogP contribution in [0.5, 0.6) is 0 Å². The molecule has 2 aromatic heterocycles. The normalized spacial score (nSPS) is 10.6. The molecule has 2 rings (SSSR count). The van der Waals surface area contributed by atoms with Gasteiger partial charge in [-0.3, -0.25) is 4.98 Å². The van der Waals surface area contributed by atoms with Gasteiger partial charge in [0.05, 0.1) is 21.8 Å². The lowest BCUT2D eigenvalue weighted by molar-refractivity contribution is 0.0695. The van der Waals surface area contributed by atoms with Crippen LogP contribution in [-0.4, -0.2) is 16.1 Å². The van der Waals surface area contributed by atoms with Crippen LogP contribution in [0.4, 0.5) is 0 Å². The van der Waals surface area contributed by atoms with Gasteiger partial charge in [0.25, 0.3) is 0 Å². The Labute approximate surface area is 110 Å². The van der Waals surface area contributed by atoms with E-state index in [1.807, 2.05) is 25.3 Å². The third-order valence-electron chi connectivity index (χ3n) is 2.79. The van der Waals surface area contributed by atoms with Crippen LogP contribution in [0, 0.1) is 6.92 Å². The van der Waals surface area contributed by atoms with Gasteiger partial charge in [-0.1, -0.05) is 13.3 Å². The Bertz CT molecular complexity index is 575. The molecule has 0 aliphatic heterocycles. The van der Waals surface area contributed by atoms with Gasteiger partial charge in [-0.2, -0.15) is 0 Å². The molecule has 2 heterocycles. The molecule has 2 aromatic rings. The lowest BCUT2D eigenvalue weighted by atomic mass is 10.1. The molecule has 0 atom stereocenters. The Kier molecular flexibility index (Phi) is 3.77. The van der Waals surface area contributed by atoms with Crippen molar-refractivity contribution in [3.63, 3.8) is 0 Å². The number of aromatic nitrogens is 1. The van der Waals surface area contributed by atoms with Crippen molar-refractivity contribution in [2.45, 2.75) is 26.7 Å². The summed E-state index contributed by atoms with van der Waals surface area (Å²) < 4.78 is 0. The molecule has 0 aromatic carbocycles. The summed E-state index contributed by atoms with van der Waals surface area (Å²) in [5, 5.41) is 11.2. The average molecular weight is 261 g/mol. The van der Waals surface area contributed by atoms with E-state index in [0.29, 0.717) is 17.7 Å². The first-order chi connectivity index (χ1) is 8.63. The number of aryl methyl sites for hydroxylation is 2. The van der Waals surface area contributed by atoms with Crippen LogP contribution in [0.25, 0.3) is 10.6 Å². The Morgan fingerprint density at radius 3 is 2.72 bits per heavy atom. The predicted molar refractivity (Wildman–Crippen MR) is 73.2 cm³/mol. The van der Waals surface area contributed by atoms with E-state index < -0.39 is 5.97 Å². The molecule has 0 aliphatic carbocycles. The third-order valence-corrected chi connectivity index (χ3v) is 3.83. The second-order valence-electron chi connectivity index (χ2n) is 4.18. The lowest BCUT2D eigenvalue weighted by Crippen LogP contribution is -2.05. The van der Waals surface area contributed by atoms with Gasteiger partial charge in [0.1, 0.15) is 0 Å². The molecule has 3 nitrogen and oxygen atoms in total. The van der Waals surface area contributed by atoms with Gasteiger partial charge in [-0.05, 0) is 42.5 Å². The fourth-order valence-electron chi connectivity index (χ4n) is 1.89. The number of thiophene rings is 1. The van der Waals surface area contributed by atoms with Crippen molar-refractivity contribution < 1.29 is 9.90 Å². The first-order valence-electron chi connectivity index (χ1n) is 5.91. The van der Waals surface area contributed by atoms with Gasteiger partial charge < -0.3 is 5.11 Å². The quantitative estimate of drug-likeness (QED) is 0.911. The standard InChI is InChI=1S/C14H15NO2S/c1-3-4-11-10(14(16)17)5-6-12(15-11)13-9(2)7-8-18-13/h5-8H,3-4H2,1-2H3,(H,16,17). The number of rotatable bonds is 4. The number of pyridine rings is 1. The fraction of sp³-hybridized carbons (Fsp3) is 0.286. The van der Waals surface area contributed by atoms with Gasteiger partial charge in [0.15, 0.2) is 0 Å². The van der Waals surface area contributed by atoms with Gasteiger partial charge in [-0.25, -0.2) is 4.79 Å². The second kappa shape index (κ2) is 5.31. The summed E-state index contributed by atoms with van der Waals surface area (Å²) in [5.74, 6) is -0.902. The number of aromatic carboxylic acids is 1. The van der Waals surface area contributed by atoms with E-state index in [1.54, 1.807) is 23.5 Å². The molecule has 0 bridgehead atoms. The molecule has 0 fully saturated rings. The summed E-state index contributed by atoms with van der Waals surface area (Å²) in [7, 11) is 0. The monoisotopic (exact) mass is 261 g/mol. The molecular formula is C14H15NO2S. The van der Waals surface area contributed by atoms with Crippen LogP contribution in [0.2, 0.25) is 0 Å². The largest absolute Gasteiger partial charge is 0.478 e. The van der Waals surface area contributed by atoms with E-state index in [1.165, 1.54) is 5.56 Å². The molecular weight excluding hydrogens is 246 g/mol. The number of nitrogens with zero attached hydrogens (tertiary/aromatic N) is 1. The Balaban J connectivity index is 2.49. The van der Waals surface area contributed by atoms with E-state index in [4.69, 9.17) is 5.11 Å². The number of hydrogen-bond acceptors (Lipinski definition) is 3. The highest BCUT2D eigenvalue weighted by Gasteiger charge is 2.13. The molecule has 0 unspecified atom stereocenters. The zero-order valence-electron chi connectivity index (χ0n) is 10.4. The Morgan fingerprint density at radius 2 is 2.17 bits per heavy atom. The summed E-state index contributed by atoms with van der Waals surface area (Å²) in [5.41, 5.74) is 3.04. The first kappa shape index (κ1) is 12.8. The summed E-state index contributed by atoms with van der Waals surface area (Å²) in [4.78, 5) is 16.8.